The molecule has 1 heterocycles. The van der Waals surface area contributed by atoms with Crippen molar-refractivity contribution in [3.63, 3.8) is 0 Å². The highest BCUT2D eigenvalue weighted by Gasteiger charge is 2.18. The van der Waals surface area contributed by atoms with E-state index in [1.54, 1.807) is 7.11 Å². The number of ether oxygens (including phenoxy) is 2. The van der Waals surface area contributed by atoms with Gasteiger partial charge in [0.1, 0.15) is 28.8 Å². The molecule has 2 aromatic carbocycles. The first-order chi connectivity index (χ1) is 14.8. The monoisotopic (exact) mass is 434 g/mol. The molecule has 0 aliphatic rings. The van der Waals surface area contributed by atoms with E-state index < -0.39 is 0 Å². The molecular formula is C24H26N4O2S. The average Bonchev–Trinajstić information content (AvgIpc) is 3.17. The van der Waals surface area contributed by atoms with E-state index in [1.165, 1.54) is 11.5 Å². The smallest absolute Gasteiger partial charge is 0.218 e. The molecule has 0 aliphatic carbocycles. The van der Waals surface area contributed by atoms with Gasteiger partial charge in [-0.05, 0) is 75.2 Å². The third-order valence-corrected chi connectivity index (χ3v) is 5.75. The van der Waals surface area contributed by atoms with Crippen LogP contribution in [0.2, 0.25) is 0 Å². The lowest BCUT2D eigenvalue weighted by molar-refractivity contribution is 0.415. The fraction of sp³-hybridized carbons (Fsp3) is 0.292. The summed E-state index contributed by atoms with van der Waals surface area (Å²) in [6.07, 6.45) is 1.84. The van der Waals surface area contributed by atoms with Gasteiger partial charge >= 0.3 is 0 Å². The van der Waals surface area contributed by atoms with Gasteiger partial charge in [0.25, 0.3) is 0 Å². The Hall–Kier alpha value is -3.37. The lowest BCUT2D eigenvalue weighted by Gasteiger charge is -2.17. The van der Waals surface area contributed by atoms with Gasteiger partial charge in [-0.15, -0.1) is 0 Å². The first-order valence-corrected chi connectivity index (χ1v) is 10.7. The predicted octanol–water partition coefficient (Wildman–Crippen LogP) is 6.10. The van der Waals surface area contributed by atoms with E-state index in [4.69, 9.17) is 9.47 Å². The molecule has 0 bridgehead atoms. The predicted molar refractivity (Wildman–Crippen MR) is 126 cm³/mol. The number of aromatic nitrogens is 1. The van der Waals surface area contributed by atoms with Crippen molar-refractivity contribution in [1.82, 2.24) is 9.27 Å². The van der Waals surface area contributed by atoms with Crippen molar-refractivity contribution >= 4 is 23.6 Å². The van der Waals surface area contributed by atoms with Crippen LogP contribution in [0.25, 0.3) is 11.3 Å². The van der Waals surface area contributed by atoms with Crippen molar-refractivity contribution in [2.75, 3.05) is 14.2 Å². The highest BCUT2D eigenvalue weighted by atomic mass is 32.1. The van der Waals surface area contributed by atoms with Crippen molar-refractivity contribution in [3.05, 3.63) is 53.1 Å². The Morgan fingerprint density at radius 1 is 1.16 bits per heavy atom. The molecule has 3 aromatic rings. The standard InChI is InChI=1S/C24H26N4O2S/c1-15(2)28(5)14-26-21-11-17(4)22(12-16(21)3)30-24-20(13-25)23(27-31-24)18-7-9-19(29-6)10-8-18/h7-12,14-15H,1-6H3. The number of aliphatic imine (C=N–C) groups is 1. The number of hydrogen-bond donors (Lipinski definition) is 0. The fourth-order valence-electron chi connectivity index (χ4n) is 2.80. The number of rotatable bonds is 7. The molecule has 0 atom stereocenters. The SMILES string of the molecule is COc1ccc(-c2nsc(Oc3cc(C)c(N=CN(C)C(C)C)cc3C)c2C#N)cc1. The maximum absolute atomic E-state index is 9.75. The fourth-order valence-corrected chi connectivity index (χ4v) is 3.53. The molecule has 0 N–H and O–H groups in total. The lowest BCUT2D eigenvalue weighted by atomic mass is 10.1. The van der Waals surface area contributed by atoms with Gasteiger partial charge in [-0.2, -0.15) is 9.64 Å². The van der Waals surface area contributed by atoms with Crippen LogP contribution in [0, 0.1) is 25.2 Å². The molecule has 1 aromatic heterocycles. The molecule has 0 saturated carbocycles. The third-order valence-electron chi connectivity index (χ3n) is 5.03. The summed E-state index contributed by atoms with van der Waals surface area (Å²) in [4.78, 5) is 6.65. The number of methoxy groups -OCH3 is 1. The zero-order chi connectivity index (χ0) is 22.5. The Kier molecular flexibility index (Phi) is 6.93. The van der Waals surface area contributed by atoms with Crippen LogP contribution in [-0.4, -0.2) is 35.8 Å². The average molecular weight is 435 g/mol. The van der Waals surface area contributed by atoms with Crippen LogP contribution in [0.3, 0.4) is 0 Å². The number of hydrogen-bond acceptors (Lipinski definition) is 6. The Morgan fingerprint density at radius 2 is 1.87 bits per heavy atom. The highest BCUT2D eigenvalue weighted by Crippen LogP contribution is 2.39. The largest absolute Gasteiger partial charge is 0.497 e. The second kappa shape index (κ2) is 9.63. The van der Waals surface area contributed by atoms with E-state index in [2.05, 4.69) is 34.2 Å². The van der Waals surface area contributed by atoms with Gasteiger partial charge < -0.3 is 14.4 Å². The molecule has 3 rings (SSSR count). The Balaban J connectivity index is 1.88. The first kappa shape index (κ1) is 22.3. The lowest BCUT2D eigenvalue weighted by Crippen LogP contribution is -2.24. The van der Waals surface area contributed by atoms with E-state index in [1.807, 2.05) is 63.6 Å². The molecule has 7 heteroatoms. The quantitative estimate of drug-likeness (QED) is 0.332. The van der Waals surface area contributed by atoms with Gasteiger partial charge in [0.15, 0.2) is 0 Å². The minimum absolute atomic E-state index is 0.378. The minimum atomic E-state index is 0.378. The summed E-state index contributed by atoms with van der Waals surface area (Å²) in [6, 6.07) is 14.0. The van der Waals surface area contributed by atoms with Gasteiger partial charge in [-0.3, -0.25) is 0 Å². The molecule has 0 radical (unpaired) electrons. The number of aryl methyl sites for hydroxylation is 2. The zero-order valence-corrected chi connectivity index (χ0v) is 19.4. The number of benzene rings is 2. The van der Waals surface area contributed by atoms with E-state index in [9.17, 15) is 5.26 Å². The summed E-state index contributed by atoms with van der Waals surface area (Å²) < 4.78 is 15.8. The molecule has 160 valence electrons. The summed E-state index contributed by atoms with van der Waals surface area (Å²) in [5.41, 5.74) is 4.70. The maximum atomic E-state index is 9.75. The summed E-state index contributed by atoms with van der Waals surface area (Å²) in [7, 11) is 3.62. The molecule has 0 amide bonds. The normalized spacial score (nSPS) is 11.0. The molecule has 0 unspecified atom stereocenters. The third kappa shape index (κ3) is 5.04. The van der Waals surface area contributed by atoms with Crippen molar-refractivity contribution in [1.29, 1.82) is 5.26 Å². The van der Waals surface area contributed by atoms with Crippen LogP contribution in [0.5, 0.6) is 16.6 Å². The van der Waals surface area contributed by atoms with Crippen molar-refractivity contribution in [2.45, 2.75) is 33.7 Å². The van der Waals surface area contributed by atoms with Crippen LogP contribution < -0.4 is 9.47 Å². The molecule has 0 fully saturated rings. The van der Waals surface area contributed by atoms with Crippen LogP contribution in [0.15, 0.2) is 41.4 Å². The van der Waals surface area contributed by atoms with E-state index >= 15 is 0 Å². The van der Waals surface area contributed by atoms with Crippen molar-refractivity contribution < 1.29 is 9.47 Å². The van der Waals surface area contributed by atoms with Gasteiger partial charge in [0, 0.05) is 30.2 Å². The molecule has 0 saturated heterocycles. The summed E-state index contributed by atoms with van der Waals surface area (Å²) in [5.74, 6) is 1.44. The maximum Gasteiger partial charge on any atom is 0.218 e. The zero-order valence-electron chi connectivity index (χ0n) is 18.6. The van der Waals surface area contributed by atoms with Gasteiger partial charge in [-0.1, -0.05) is 0 Å². The van der Waals surface area contributed by atoms with Crippen molar-refractivity contribution in [3.8, 4) is 33.9 Å². The number of nitriles is 1. The number of nitrogens with zero attached hydrogens (tertiary/aromatic N) is 4. The summed E-state index contributed by atoms with van der Waals surface area (Å²) >= 11 is 1.17. The Morgan fingerprint density at radius 3 is 2.48 bits per heavy atom. The Bertz CT molecular complexity index is 1130. The minimum Gasteiger partial charge on any atom is -0.497 e. The molecule has 6 nitrogen and oxygen atoms in total. The van der Waals surface area contributed by atoms with Crippen LogP contribution >= 0.6 is 11.5 Å². The highest BCUT2D eigenvalue weighted by molar-refractivity contribution is 7.08. The van der Waals surface area contributed by atoms with Crippen LogP contribution in [-0.2, 0) is 0 Å². The van der Waals surface area contributed by atoms with E-state index in [-0.39, 0.29) is 0 Å². The van der Waals surface area contributed by atoms with Crippen LogP contribution in [0.1, 0.15) is 30.5 Å². The van der Waals surface area contributed by atoms with E-state index in [0.29, 0.717) is 28.1 Å². The molecule has 0 aliphatic heterocycles. The summed E-state index contributed by atoms with van der Waals surface area (Å²) in [6.45, 7) is 8.19. The molecular weight excluding hydrogens is 408 g/mol. The molecule has 0 spiro atoms. The second-order valence-electron chi connectivity index (χ2n) is 7.54. The topological polar surface area (TPSA) is 70.7 Å². The molecule has 31 heavy (non-hydrogen) atoms. The Labute approximate surface area is 187 Å². The van der Waals surface area contributed by atoms with E-state index in [0.717, 1.165) is 28.1 Å². The second-order valence-corrected chi connectivity index (χ2v) is 8.28. The first-order valence-electron chi connectivity index (χ1n) is 9.93. The van der Waals surface area contributed by atoms with Gasteiger partial charge in [-0.25, -0.2) is 4.99 Å². The van der Waals surface area contributed by atoms with Gasteiger partial charge in [0.05, 0.1) is 19.1 Å². The van der Waals surface area contributed by atoms with Crippen LogP contribution in [0.4, 0.5) is 5.69 Å². The summed E-state index contributed by atoms with van der Waals surface area (Å²) in [5, 5.41) is 10.2. The van der Waals surface area contributed by atoms with Crippen molar-refractivity contribution in [2.24, 2.45) is 4.99 Å². The van der Waals surface area contributed by atoms with Gasteiger partial charge in [0.2, 0.25) is 5.06 Å².